The number of hydrogen-bond acceptors (Lipinski definition) is 4. The van der Waals surface area contributed by atoms with Gasteiger partial charge in [-0.15, -0.1) is 0 Å². The van der Waals surface area contributed by atoms with Gasteiger partial charge in [-0.05, 0) is 44.5 Å². The molecule has 2 aromatic rings. The van der Waals surface area contributed by atoms with Crippen molar-refractivity contribution in [2.45, 2.75) is 38.3 Å². The Bertz CT molecular complexity index is 916. The van der Waals surface area contributed by atoms with E-state index in [0.717, 1.165) is 22.6 Å². The largest absolute Gasteiger partial charge is 0.492 e. The van der Waals surface area contributed by atoms with Crippen LogP contribution in [0.1, 0.15) is 37.8 Å². The summed E-state index contributed by atoms with van der Waals surface area (Å²) in [5.41, 5.74) is 2.17. The van der Waals surface area contributed by atoms with Gasteiger partial charge in [-0.1, -0.05) is 41.9 Å². The van der Waals surface area contributed by atoms with Crippen molar-refractivity contribution in [2.75, 3.05) is 6.61 Å². The zero-order valence-electron chi connectivity index (χ0n) is 15.6. The predicted octanol–water partition coefficient (Wildman–Crippen LogP) is 4.65. The molecule has 140 valence electrons. The molecule has 0 aliphatic carbocycles. The minimum Gasteiger partial charge on any atom is -0.492 e. The van der Waals surface area contributed by atoms with E-state index in [1.807, 2.05) is 69.3 Å². The van der Waals surface area contributed by atoms with Crippen LogP contribution in [0.3, 0.4) is 0 Å². The molecule has 0 spiro atoms. The van der Waals surface area contributed by atoms with E-state index in [9.17, 15) is 4.79 Å². The Morgan fingerprint density at radius 3 is 2.59 bits per heavy atom. The molecular formula is C22H22ClNO3. The van der Waals surface area contributed by atoms with Crippen LogP contribution < -0.4 is 4.74 Å². The number of rotatable bonds is 2. The molecule has 27 heavy (non-hydrogen) atoms. The molecule has 2 aliphatic heterocycles. The maximum absolute atomic E-state index is 13.0. The van der Waals surface area contributed by atoms with Gasteiger partial charge in [0, 0.05) is 22.4 Å². The van der Waals surface area contributed by atoms with Gasteiger partial charge in [0.1, 0.15) is 11.4 Å². The summed E-state index contributed by atoms with van der Waals surface area (Å²) >= 11 is 6.49. The van der Waals surface area contributed by atoms with E-state index in [1.165, 1.54) is 0 Å². The van der Waals surface area contributed by atoms with Crippen molar-refractivity contribution in [1.29, 1.82) is 0 Å². The van der Waals surface area contributed by atoms with Gasteiger partial charge in [-0.3, -0.25) is 4.99 Å². The predicted molar refractivity (Wildman–Crippen MR) is 106 cm³/mol. The Morgan fingerprint density at radius 1 is 1.15 bits per heavy atom. The lowest BCUT2D eigenvalue weighted by molar-refractivity contribution is -0.156. The second-order valence-corrected chi connectivity index (χ2v) is 8.36. The molecule has 0 saturated carbocycles. The highest BCUT2D eigenvalue weighted by molar-refractivity contribution is 6.31. The van der Waals surface area contributed by atoms with Gasteiger partial charge in [-0.2, -0.15) is 0 Å². The molecule has 2 aromatic carbocycles. The minimum absolute atomic E-state index is 0.0441. The monoisotopic (exact) mass is 383 g/mol. The van der Waals surface area contributed by atoms with E-state index in [2.05, 4.69) is 0 Å². The van der Waals surface area contributed by atoms with Crippen molar-refractivity contribution in [3.63, 3.8) is 0 Å². The SMILES string of the molecule is CC(C)(C)OC(=O)[C@@H]1N=C2c3ccccc3OC[C@@H]2[C@H]1c1ccccc1Cl. The summed E-state index contributed by atoms with van der Waals surface area (Å²) in [7, 11) is 0. The van der Waals surface area contributed by atoms with Crippen LogP contribution in [0, 0.1) is 5.92 Å². The third-order valence-corrected chi connectivity index (χ3v) is 5.24. The molecule has 5 heteroatoms. The Kier molecular flexibility index (Phi) is 4.47. The fraction of sp³-hybridized carbons (Fsp3) is 0.364. The van der Waals surface area contributed by atoms with E-state index < -0.39 is 11.6 Å². The average molecular weight is 384 g/mol. The van der Waals surface area contributed by atoms with Crippen LogP contribution in [0.2, 0.25) is 5.02 Å². The molecule has 0 amide bonds. The second kappa shape index (κ2) is 6.68. The maximum Gasteiger partial charge on any atom is 0.332 e. The van der Waals surface area contributed by atoms with Gasteiger partial charge in [-0.25, -0.2) is 4.79 Å². The van der Waals surface area contributed by atoms with Crippen molar-refractivity contribution in [1.82, 2.24) is 0 Å². The van der Waals surface area contributed by atoms with Crippen molar-refractivity contribution in [3.05, 3.63) is 64.7 Å². The highest BCUT2D eigenvalue weighted by atomic mass is 35.5. The number of esters is 1. The van der Waals surface area contributed by atoms with E-state index in [0.29, 0.717) is 11.6 Å². The Labute approximate surface area is 164 Å². The molecule has 0 N–H and O–H groups in total. The maximum atomic E-state index is 13.0. The minimum atomic E-state index is -0.640. The van der Waals surface area contributed by atoms with E-state index >= 15 is 0 Å². The number of hydrogen-bond donors (Lipinski definition) is 0. The fourth-order valence-electron chi connectivity index (χ4n) is 3.85. The smallest absolute Gasteiger partial charge is 0.332 e. The molecule has 2 heterocycles. The quantitative estimate of drug-likeness (QED) is 0.709. The Balaban J connectivity index is 1.80. The summed E-state index contributed by atoms with van der Waals surface area (Å²) in [6, 6.07) is 14.8. The molecule has 0 saturated heterocycles. The lowest BCUT2D eigenvalue weighted by Crippen LogP contribution is -2.36. The van der Waals surface area contributed by atoms with E-state index in [4.69, 9.17) is 26.1 Å². The first-order valence-electron chi connectivity index (χ1n) is 9.12. The number of halogens is 1. The third kappa shape index (κ3) is 3.34. The van der Waals surface area contributed by atoms with Gasteiger partial charge in [0.25, 0.3) is 0 Å². The van der Waals surface area contributed by atoms with Gasteiger partial charge < -0.3 is 9.47 Å². The van der Waals surface area contributed by atoms with Crippen LogP contribution in [0.15, 0.2) is 53.5 Å². The van der Waals surface area contributed by atoms with Gasteiger partial charge in [0.2, 0.25) is 0 Å². The van der Waals surface area contributed by atoms with E-state index in [1.54, 1.807) is 0 Å². The summed E-state index contributed by atoms with van der Waals surface area (Å²) in [5, 5.41) is 0.631. The highest BCUT2D eigenvalue weighted by Crippen LogP contribution is 2.45. The second-order valence-electron chi connectivity index (χ2n) is 7.95. The standard InChI is InChI=1S/C22H22ClNO3/c1-22(2,3)27-21(25)20-18(13-8-4-6-10-16(13)23)15-12-26-17-11-7-5-9-14(17)19(15)24-20/h4-11,15,18,20H,12H2,1-3H3/t15-,18-,20-/m1/s1. The summed E-state index contributed by atoms with van der Waals surface area (Å²) in [4.78, 5) is 17.8. The number of fused-ring (bicyclic) bond motifs is 3. The van der Waals surface area contributed by atoms with Gasteiger partial charge in [0.15, 0.2) is 6.04 Å². The molecule has 4 rings (SSSR count). The van der Waals surface area contributed by atoms with Crippen molar-refractivity contribution in [3.8, 4) is 5.75 Å². The number of benzene rings is 2. The van der Waals surface area contributed by atoms with Crippen LogP contribution in [0.5, 0.6) is 5.75 Å². The lowest BCUT2D eigenvalue weighted by atomic mass is 9.79. The Hall–Kier alpha value is -2.33. The molecule has 2 aliphatic rings. The van der Waals surface area contributed by atoms with Crippen molar-refractivity contribution < 1.29 is 14.3 Å². The summed E-state index contributed by atoms with van der Waals surface area (Å²) in [6.07, 6.45) is 0. The molecule has 0 radical (unpaired) electrons. The molecule has 0 fully saturated rings. The highest BCUT2D eigenvalue weighted by Gasteiger charge is 2.48. The lowest BCUT2D eigenvalue weighted by Gasteiger charge is -2.30. The summed E-state index contributed by atoms with van der Waals surface area (Å²) in [5.74, 6) is 0.219. The van der Waals surface area contributed by atoms with E-state index in [-0.39, 0.29) is 17.8 Å². The van der Waals surface area contributed by atoms with Crippen LogP contribution >= 0.6 is 11.6 Å². The Morgan fingerprint density at radius 2 is 1.85 bits per heavy atom. The van der Waals surface area contributed by atoms with Crippen LogP contribution in [0.25, 0.3) is 0 Å². The van der Waals surface area contributed by atoms with Gasteiger partial charge >= 0.3 is 5.97 Å². The normalized spacial score (nSPS) is 23.7. The molecule has 3 atom stereocenters. The topological polar surface area (TPSA) is 47.9 Å². The van der Waals surface area contributed by atoms with Crippen molar-refractivity contribution in [2.24, 2.45) is 10.9 Å². The molecular weight excluding hydrogens is 362 g/mol. The number of aliphatic imine (C=N–C) groups is 1. The number of ether oxygens (including phenoxy) is 2. The first-order valence-corrected chi connectivity index (χ1v) is 9.50. The van der Waals surface area contributed by atoms with Crippen LogP contribution in [-0.4, -0.2) is 29.9 Å². The number of carbonyl (C=O) groups is 1. The van der Waals surface area contributed by atoms with Crippen molar-refractivity contribution >= 4 is 23.3 Å². The zero-order chi connectivity index (χ0) is 19.2. The zero-order valence-corrected chi connectivity index (χ0v) is 16.4. The fourth-order valence-corrected chi connectivity index (χ4v) is 4.11. The van der Waals surface area contributed by atoms with Gasteiger partial charge in [0.05, 0.1) is 12.3 Å². The molecule has 0 bridgehead atoms. The van der Waals surface area contributed by atoms with Crippen LogP contribution in [0.4, 0.5) is 0 Å². The number of carbonyl (C=O) groups excluding carboxylic acids is 1. The molecule has 0 aromatic heterocycles. The number of para-hydroxylation sites is 1. The first-order chi connectivity index (χ1) is 12.8. The first kappa shape index (κ1) is 18.1. The molecule has 0 unspecified atom stereocenters. The number of nitrogens with zero attached hydrogens (tertiary/aromatic N) is 1. The molecule has 4 nitrogen and oxygen atoms in total. The summed E-state index contributed by atoms with van der Waals surface area (Å²) < 4.78 is 11.7. The summed E-state index contributed by atoms with van der Waals surface area (Å²) in [6.45, 7) is 6.06. The average Bonchev–Trinajstić information content (AvgIpc) is 3.01. The third-order valence-electron chi connectivity index (χ3n) is 4.90. The van der Waals surface area contributed by atoms with Crippen LogP contribution in [-0.2, 0) is 9.53 Å².